The third-order valence-electron chi connectivity index (χ3n) is 5.30. The molecule has 1 saturated heterocycles. The maximum absolute atomic E-state index is 6.37. The summed E-state index contributed by atoms with van der Waals surface area (Å²) in [5.74, 6) is 3.00. The number of hydrogen-bond donors (Lipinski definition) is 0. The maximum Gasteiger partial charge on any atom is 0.125 e. The van der Waals surface area contributed by atoms with E-state index in [0.29, 0.717) is 11.8 Å². The van der Waals surface area contributed by atoms with Crippen LogP contribution < -0.4 is 4.74 Å². The van der Waals surface area contributed by atoms with Crippen LogP contribution in [0.1, 0.15) is 38.4 Å². The van der Waals surface area contributed by atoms with Crippen molar-refractivity contribution in [1.82, 2.24) is 0 Å². The lowest BCUT2D eigenvalue weighted by atomic mass is 9.62. The van der Waals surface area contributed by atoms with Gasteiger partial charge in [-0.2, -0.15) is 0 Å². The molecule has 1 aromatic carbocycles. The minimum absolute atomic E-state index is 0.0324. The molecule has 2 aliphatic heterocycles. The highest BCUT2D eigenvalue weighted by Crippen LogP contribution is 2.56. The lowest BCUT2D eigenvalue weighted by Crippen LogP contribution is -2.56. The number of rotatable bonds is 0. The van der Waals surface area contributed by atoms with Crippen LogP contribution in [0.4, 0.5) is 0 Å². The second-order valence-electron chi connectivity index (χ2n) is 6.49. The smallest absolute Gasteiger partial charge is 0.125 e. The van der Waals surface area contributed by atoms with Gasteiger partial charge in [-0.3, -0.25) is 0 Å². The van der Waals surface area contributed by atoms with Crippen LogP contribution in [0.2, 0.25) is 0 Å². The van der Waals surface area contributed by atoms with E-state index in [1.807, 2.05) is 0 Å². The second kappa shape index (κ2) is 3.51. The predicted octanol–water partition coefficient (Wildman–Crippen LogP) is 3.57. The fraction of sp³-hybridized carbons (Fsp3) is 0.625. The van der Waals surface area contributed by atoms with Gasteiger partial charge < -0.3 is 9.47 Å². The Balaban J connectivity index is 1.83. The summed E-state index contributed by atoms with van der Waals surface area (Å²) in [6.45, 7) is 5.55. The van der Waals surface area contributed by atoms with Crippen molar-refractivity contribution < 1.29 is 9.47 Å². The monoisotopic (exact) mass is 244 g/mol. The molecule has 0 unspecified atom stereocenters. The Labute approximate surface area is 108 Å². The molecule has 4 rings (SSSR count). The van der Waals surface area contributed by atoms with Crippen LogP contribution >= 0.6 is 0 Å². The highest BCUT2D eigenvalue weighted by atomic mass is 16.5. The molecule has 2 bridgehead atoms. The van der Waals surface area contributed by atoms with Crippen LogP contribution in [0.15, 0.2) is 24.3 Å². The summed E-state index contributed by atoms with van der Waals surface area (Å²) in [5.41, 5.74) is 1.23. The number of fused-ring (bicyclic) bond motifs is 3. The summed E-state index contributed by atoms with van der Waals surface area (Å²) in [7, 11) is 0. The Kier molecular flexibility index (Phi) is 2.12. The molecule has 5 atom stereocenters. The topological polar surface area (TPSA) is 18.5 Å². The van der Waals surface area contributed by atoms with Crippen LogP contribution in [0.25, 0.3) is 0 Å². The molecular weight excluding hydrogens is 224 g/mol. The van der Waals surface area contributed by atoms with Gasteiger partial charge in [-0.05, 0) is 37.7 Å². The Bertz CT molecular complexity index is 484. The minimum atomic E-state index is -0.0324. The molecule has 0 radical (unpaired) electrons. The van der Waals surface area contributed by atoms with E-state index in [1.165, 1.54) is 12.0 Å². The van der Waals surface area contributed by atoms with Gasteiger partial charge >= 0.3 is 0 Å². The average molecular weight is 244 g/mol. The van der Waals surface area contributed by atoms with Gasteiger partial charge in [0, 0.05) is 11.5 Å². The first-order valence-electron chi connectivity index (χ1n) is 7.07. The van der Waals surface area contributed by atoms with E-state index in [-0.39, 0.29) is 11.7 Å². The molecule has 2 heteroatoms. The van der Waals surface area contributed by atoms with E-state index in [0.717, 1.165) is 24.7 Å². The quantitative estimate of drug-likeness (QED) is 0.694. The lowest BCUT2D eigenvalue weighted by molar-refractivity contribution is -0.184. The Morgan fingerprint density at radius 2 is 2.11 bits per heavy atom. The van der Waals surface area contributed by atoms with Gasteiger partial charge in [-0.1, -0.05) is 25.1 Å². The molecule has 0 N–H and O–H groups in total. The van der Waals surface area contributed by atoms with E-state index in [2.05, 4.69) is 38.1 Å². The average Bonchev–Trinajstić information content (AvgIpc) is 2.37. The van der Waals surface area contributed by atoms with Crippen LogP contribution in [0, 0.1) is 17.8 Å². The summed E-state index contributed by atoms with van der Waals surface area (Å²) in [5, 5.41) is 0. The van der Waals surface area contributed by atoms with Crippen molar-refractivity contribution >= 4 is 0 Å². The van der Waals surface area contributed by atoms with E-state index < -0.39 is 0 Å². The summed E-state index contributed by atoms with van der Waals surface area (Å²) in [6.07, 6.45) is 2.68. The molecule has 18 heavy (non-hydrogen) atoms. The van der Waals surface area contributed by atoms with Crippen LogP contribution in [0.3, 0.4) is 0 Å². The molecular formula is C16H20O2. The molecule has 1 aromatic rings. The molecule has 0 aromatic heterocycles. The molecule has 3 aliphatic rings. The zero-order chi connectivity index (χ0) is 12.3. The molecule has 1 aliphatic carbocycles. The summed E-state index contributed by atoms with van der Waals surface area (Å²) in [4.78, 5) is 0. The maximum atomic E-state index is 6.37. The van der Waals surface area contributed by atoms with E-state index in [1.54, 1.807) is 0 Å². The van der Waals surface area contributed by atoms with Gasteiger partial charge in [0.25, 0.3) is 0 Å². The summed E-state index contributed by atoms with van der Waals surface area (Å²) < 4.78 is 12.6. The molecule has 2 heterocycles. The zero-order valence-corrected chi connectivity index (χ0v) is 11.1. The summed E-state index contributed by atoms with van der Waals surface area (Å²) in [6, 6.07) is 8.40. The van der Waals surface area contributed by atoms with Crippen LogP contribution in [-0.2, 0) is 4.74 Å². The van der Waals surface area contributed by atoms with Crippen molar-refractivity contribution in [3.8, 4) is 5.75 Å². The van der Waals surface area contributed by atoms with Gasteiger partial charge in [0.1, 0.15) is 11.4 Å². The van der Waals surface area contributed by atoms with Gasteiger partial charge in [0.2, 0.25) is 0 Å². The fourth-order valence-corrected chi connectivity index (χ4v) is 4.27. The van der Waals surface area contributed by atoms with Gasteiger partial charge in [0.05, 0.1) is 12.7 Å². The minimum Gasteiger partial charge on any atom is -0.487 e. The first-order valence-corrected chi connectivity index (χ1v) is 7.07. The molecule has 0 spiro atoms. The highest BCUT2D eigenvalue weighted by molar-refractivity contribution is 5.39. The predicted molar refractivity (Wildman–Crippen MR) is 69.5 cm³/mol. The van der Waals surface area contributed by atoms with Crippen LogP contribution in [-0.4, -0.2) is 12.2 Å². The third kappa shape index (κ3) is 1.33. The van der Waals surface area contributed by atoms with Crippen molar-refractivity contribution in [2.75, 3.05) is 6.61 Å². The zero-order valence-electron chi connectivity index (χ0n) is 11.1. The van der Waals surface area contributed by atoms with E-state index in [4.69, 9.17) is 9.47 Å². The van der Waals surface area contributed by atoms with Crippen molar-refractivity contribution in [3.05, 3.63) is 29.8 Å². The van der Waals surface area contributed by atoms with Crippen molar-refractivity contribution in [3.63, 3.8) is 0 Å². The molecule has 1 saturated carbocycles. The first-order chi connectivity index (χ1) is 8.67. The van der Waals surface area contributed by atoms with Crippen molar-refractivity contribution in [2.24, 2.45) is 17.8 Å². The third-order valence-corrected chi connectivity index (χ3v) is 5.30. The molecule has 96 valence electrons. The van der Waals surface area contributed by atoms with E-state index >= 15 is 0 Å². The van der Waals surface area contributed by atoms with Crippen LogP contribution in [0.5, 0.6) is 5.75 Å². The van der Waals surface area contributed by atoms with Crippen molar-refractivity contribution in [2.45, 2.75) is 38.4 Å². The van der Waals surface area contributed by atoms with Gasteiger partial charge in [0.15, 0.2) is 0 Å². The SMILES string of the molecule is C[C@H]1C[C@]2(C)Oc3ccccc3[C@@H]3OC[C@H]1C[C@@H]32. The molecule has 0 amide bonds. The number of ether oxygens (including phenoxy) is 2. The second-order valence-corrected chi connectivity index (χ2v) is 6.49. The van der Waals surface area contributed by atoms with E-state index in [9.17, 15) is 0 Å². The largest absolute Gasteiger partial charge is 0.487 e. The Morgan fingerprint density at radius 1 is 1.28 bits per heavy atom. The molecule has 2 nitrogen and oxygen atoms in total. The first kappa shape index (κ1) is 10.9. The Hall–Kier alpha value is -1.02. The molecule has 2 fully saturated rings. The standard InChI is InChI=1S/C16H20O2/c1-10-8-16(2)13-7-11(10)9-17-15(13)12-5-3-4-6-14(12)18-16/h3-6,10-11,13,15H,7-9H2,1-2H3/t10-,11+,13-,15-,16-/m0/s1. The van der Waals surface area contributed by atoms with Crippen molar-refractivity contribution in [1.29, 1.82) is 0 Å². The lowest BCUT2D eigenvalue weighted by Gasteiger charge is -2.55. The number of benzene rings is 1. The normalized spacial score (nSPS) is 45.0. The fourth-order valence-electron chi connectivity index (χ4n) is 4.27. The van der Waals surface area contributed by atoms with Gasteiger partial charge in [-0.25, -0.2) is 0 Å². The van der Waals surface area contributed by atoms with Gasteiger partial charge in [-0.15, -0.1) is 0 Å². The number of hydrogen-bond acceptors (Lipinski definition) is 2. The Morgan fingerprint density at radius 3 is 3.00 bits per heavy atom. The number of para-hydroxylation sites is 1. The highest BCUT2D eigenvalue weighted by Gasteiger charge is 2.54. The summed E-state index contributed by atoms with van der Waals surface area (Å²) >= 11 is 0.